The fourth-order valence-corrected chi connectivity index (χ4v) is 1.69. The van der Waals surface area contributed by atoms with Gasteiger partial charge < -0.3 is 4.90 Å². The van der Waals surface area contributed by atoms with Crippen LogP contribution in [0.2, 0.25) is 0 Å². The molecule has 72 valence electrons. The van der Waals surface area contributed by atoms with Gasteiger partial charge in [-0.2, -0.15) is 0 Å². The molecule has 0 aromatic carbocycles. The van der Waals surface area contributed by atoms with E-state index < -0.39 is 0 Å². The zero-order chi connectivity index (χ0) is 9.54. The van der Waals surface area contributed by atoms with E-state index in [9.17, 15) is 0 Å². The smallest absolute Gasteiger partial charge is 0.153 e. The molecule has 3 heterocycles. The van der Waals surface area contributed by atoms with Crippen molar-refractivity contribution in [3.63, 3.8) is 0 Å². The molecule has 1 aliphatic rings. The first-order valence-electron chi connectivity index (χ1n) is 4.91. The predicted molar refractivity (Wildman–Crippen MR) is 54.6 cm³/mol. The van der Waals surface area contributed by atoms with Crippen molar-refractivity contribution in [3.05, 3.63) is 24.0 Å². The van der Waals surface area contributed by atoms with Crippen LogP contribution < -0.4 is 4.90 Å². The molecule has 0 amide bonds. The van der Waals surface area contributed by atoms with Gasteiger partial charge in [-0.25, -0.2) is 9.50 Å². The summed E-state index contributed by atoms with van der Waals surface area (Å²) in [6, 6.07) is 4.06. The number of rotatable bonds is 1. The van der Waals surface area contributed by atoms with Crippen LogP contribution in [-0.2, 0) is 0 Å². The van der Waals surface area contributed by atoms with Crippen LogP contribution in [-0.4, -0.2) is 27.7 Å². The second-order valence-electron chi connectivity index (χ2n) is 3.70. The molecule has 0 radical (unpaired) electrons. The summed E-state index contributed by atoms with van der Waals surface area (Å²) in [5.41, 5.74) is 2.01. The van der Waals surface area contributed by atoms with Gasteiger partial charge in [-0.1, -0.05) is 0 Å². The summed E-state index contributed by atoms with van der Waals surface area (Å²) in [6.07, 6.45) is 3.13. The van der Waals surface area contributed by atoms with Crippen molar-refractivity contribution in [1.82, 2.24) is 14.6 Å². The summed E-state index contributed by atoms with van der Waals surface area (Å²) in [5.74, 6) is 1.06. The van der Waals surface area contributed by atoms with Crippen LogP contribution in [0.5, 0.6) is 0 Å². The Kier molecular flexibility index (Phi) is 1.50. The van der Waals surface area contributed by atoms with Gasteiger partial charge in [-0.15, -0.1) is 5.10 Å². The molecule has 0 N–H and O–H groups in total. The predicted octanol–water partition coefficient (Wildman–Crippen LogP) is 1.25. The van der Waals surface area contributed by atoms with Crippen LogP contribution in [0, 0.1) is 6.92 Å². The summed E-state index contributed by atoms with van der Waals surface area (Å²) >= 11 is 0. The fourth-order valence-electron chi connectivity index (χ4n) is 1.69. The minimum Gasteiger partial charge on any atom is -0.355 e. The first kappa shape index (κ1) is 7.79. The Labute approximate surface area is 82.2 Å². The third-order valence-corrected chi connectivity index (χ3v) is 2.70. The Morgan fingerprint density at radius 1 is 1.29 bits per heavy atom. The van der Waals surface area contributed by atoms with Crippen molar-refractivity contribution in [3.8, 4) is 0 Å². The molecule has 0 spiro atoms. The van der Waals surface area contributed by atoms with Gasteiger partial charge >= 0.3 is 0 Å². The summed E-state index contributed by atoms with van der Waals surface area (Å²) in [6.45, 7) is 4.28. The molecule has 4 nitrogen and oxygen atoms in total. The molecule has 3 rings (SSSR count). The van der Waals surface area contributed by atoms with E-state index in [1.54, 1.807) is 0 Å². The highest BCUT2D eigenvalue weighted by Gasteiger charge is 2.16. The van der Waals surface area contributed by atoms with Gasteiger partial charge in [0, 0.05) is 13.1 Å². The maximum Gasteiger partial charge on any atom is 0.153 e. The minimum absolute atomic E-state index is 0.923. The van der Waals surface area contributed by atoms with E-state index in [0.29, 0.717) is 0 Å². The summed E-state index contributed by atoms with van der Waals surface area (Å²) < 4.78 is 1.90. The van der Waals surface area contributed by atoms with Crippen LogP contribution >= 0.6 is 0 Å². The zero-order valence-corrected chi connectivity index (χ0v) is 8.14. The monoisotopic (exact) mass is 188 g/mol. The van der Waals surface area contributed by atoms with Crippen molar-refractivity contribution in [2.24, 2.45) is 0 Å². The third kappa shape index (κ3) is 0.999. The molecule has 4 heteroatoms. The van der Waals surface area contributed by atoms with Crippen LogP contribution in [0.25, 0.3) is 5.65 Å². The molecule has 1 aliphatic heterocycles. The Hall–Kier alpha value is -1.58. The van der Waals surface area contributed by atoms with Crippen molar-refractivity contribution in [1.29, 1.82) is 0 Å². The zero-order valence-electron chi connectivity index (χ0n) is 8.14. The van der Waals surface area contributed by atoms with E-state index in [-0.39, 0.29) is 0 Å². The largest absolute Gasteiger partial charge is 0.355 e. The number of fused-ring (bicyclic) bond motifs is 1. The third-order valence-electron chi connectivity index (χ3n) is 2.70. The van der Waals surface area contributed by atoms with Crippen molar-refractivity contribution in [2.75, 3.05) is 18.0 Å². The van der Waals surface area contributed by atoms with Crippen molar-refractivity contribution in [2.45, 2.75) is 13.3 Å². The quantitative estimate of drug-likeness (QED) is 0.675. The topological polar surface area (TPSA) is 33.4 Å². The lowest BCUT2D eigenvalue weighted by atomic mass is 10.2. The standard InChI is InChI=1S/C10H12N4/c1-8-7-11-9-3-4-10(12-14(8)9)13-5-2-6-13/h3-4,7H,2,5-6H2,1H3. The molecular formula is C10H12N4. The number of anilines is 1. The van der Waals surface area contributed by atoms with Crippen LogP contribution in [0.15, 0.2) is 18.3 Å². The highest BCUT2D eigenvalue weighted by atomic mass is 15.3. The van der Waals surface area contributed by atoms with Crippen LogP contribution in [0.4, 0.5) is 5.82 Å². The average molecular weight is 188 g/mol. The fraction of sp³-hybridized carbons (Fsp3) is 0.400. The number of nitrogens with zero attached hydrogens (tertiary/aromatic N) is 4. The lowest BCUT2D eigenvalue weighted by Gasteiger charge is -2.31. The highest BCUT2D eigenvalue weighted by Crippen LogP contribution is 2.18. The lowest BCUT2D eigenvalue weighted by molar-refractivity contribution is 0.602. The second-order valence-corrected chi connectivity index (χ2v) is 3.70. The number of hydrogen-bond donors (Lipinski definition) is 0. The number of hydrogen-bond acceptors (Lipinski definition) is 3. The molecule has 14 heavy (non-hydrogen) atoms. The van der Waals surface area contributed by atoms with Crippen LogP contribution in [0.1, 0.15) is 12.1 Å². The minimum atomic E-state index is 0.923. The van der Waals surface area contributed by atoms with E-state index in [0.717, 1.165) is 30.2 Å². The number of aryl methyl sites for hydroxylation is 1. The Morgan fingerprint density at radius 3 is 2.86 bits per heavy atom. The first-order chi connectivity index (χ1) is 6.84. The van der Waals surface area contributed by atoms with Gasteiger partial charge in [0.2, 0.25) is 0 Å². The van der Waals surface area contributed by atoms with Gasteiger partial charge in [0.05, 0.1) is 11.9 Å². The number of aromatic nitrogens is 3. The van der Waals surface area contributed by atoms with E-state index in [2.05, 4.69) is 15.0 Å². The molecular weight excluding hydrogens is 176 g/mol. The maximum atomic E-state index is 4.54. The average Bonchev–Trinajstić information content (AvgIpc) is 2.45. The van der Waals surface area contributed by atoms with Crippen LogP contribution in [0.3, 0.4) is 0 Å². The first-order valence-corrected chi connectivity index (χ1v) is 4.91. The van der Waals surface area contributed by atoms with Gasteiger partial charge in [0.25, 0.3) is 0 Å². The van der Waals surface area contributed by atoms with Crippen molar-refractivity contribution < 1.29 is 0 Å². The Bertz CT molecular complexity index is 470. The molecule has 0 atom stereocenters. The molecule has 0 saturated carbocycles. The number of imidazole rings is 1. The van der Waals surface area contributed by atoms with E-state index in [4.69, 9.17) is 0 Å². The van der Waals surface area contributed by atoms with E-state index in [1.807, 2.05) is 29.8 Å². The maximum absolute atomic E-state index is 4.54. The molecule has 1 saturated heterocycles. The second kappa shape index (κ2) is 2.70. The molecule has 0 bridgehead atoms. The van der Waals surface area contributed by atoms with Gasteiger partial charge in [0.1, 0.15) is 5.82 Å². The molecule has 1 fully saturated rings. The normalized spacial score (nSPS) is 15.9. The van der Waals surface area contributed by atoms with Gasteiger partial charge in [-0.3, -0.25) is 0 Å². The lowest BCUT2D eigenvalue weighted by Crippen LogP contribution is -2.37. The van der Waals surface area contributed by atoms with Crippen molar-refractivity contribution >= 4 is 11.5 Å². The SMILES string of the molecule is Cc1cnc2ccc(N3CCC3)nn12. The Morgan fingerprint density at radius 2 is 2.14 bits per heavy atom. The van der Waals surface area contributed by atoms with E-state index in [1.165, 1.54) is 6.42 Å². The van der Waals surface area contributed by atoms with Gasteiger partial charge in [0.15, 0.2) is 5.65 Å². The molecule has 2 aromatic rings. The van der Waals surface area contributed by atoms with E-state index >= 15 is 0 Å². The molecule has 0 aliphatic carbocycles. The molecule has 2 aromatic heterocycles. The summed E-state index contributed by atoms with van der Waals surface area (Å²) in [4.78, 5) is 6.52. The molecule has 0 unspecified atom stereocenters. The summed E-state index contributed by atoms with van der Waals surface area (Å²) in [5, 5.41) is 4.54. The Balaban J connectivity index is 2.13. The van der Waals surface area contributed by atoms with Gasteiger partial charge in [-0.05, 0) is 25.5 Å². The highest BCUT2D eigenvalue weighted by molar-refractivity contribution is 5.47. The summed E-state index contributed by atoms with van der Waals surface area (Å²) in [7, 11) is 0.